The molecule has 0 spiro atoms. The SMILES string of the molecule is O=C(CCc1nc2ccccc2n1-c1ccccc1)N1CCCC1c1nc2ccccc2s1. The molecule has 1 amide bonds. The van der Waals surface area contributed by atoms with E-state index in [-0.39, 0.29) is 11.9 Å². The van der Waals surface area contributed by atoms with E-state index in [1.54, 1.807) is 11.3 Å². The minimum Gasteiger partial charge on any atom is -0.333 e. The van der Waals surface area contributed by atoms with Gasteiger partial charge in [-0.3, -0.25) is 9.36 Å². The van der Waals surface area contributed by atoms with Gasteiger partial charge in [-0.1, -0.05) is 42.5 Å². The van der Waals surface area contributed by atoms with Crippen LogP contribution in [0.2, 0.25) is 0 Å². The number of rotatable bonds is 5. The topological polar surface area (TPSA) is 51.0 Å². The first-order chi connectivity index (χ1) is 16.3. The minimum atomic E-state index is 0.0860. The molecule has 164 valence electrons. The molecule has 6 heteroatoms. The van der Waals surface area contributed by atoms with Crippen molar-refractivity contribution in [1.82, 2.24) is 19.4 Å². The van der Waals surface area contributed by atoms with Crippen molar-refractivity contribution in [3.05, 3.63) is 89.7 Å². The lowest BCUT2D eigenvalue weighted by atomic mass is 10.2. The number of amides is 1. The molecular formula is C27H24N4OS. The molecular weight excluding hydrogens is 428 g/mol. The highest BCUT2D eigenvalue weighted by molar-refractivity contribution is 7.18. The fourth-order valence-corrected chi connectivity index (χ4v) is 5.94. The molecule has 33 heavy (non-hydrogen) atoms. The standard InChI is InChI=1S/C27H24N4OS/c32-26(30-18-8-14-23(30)27-29-21-12-5-7-15-24(21)33-27)17-16-25-28-20-11-4-6-13-22(20)31(25)19-9-2-1-3-10-19/h1-7,9-13,15,23H,8,14,16-18H2. The van der Waals surface area contributed by atoms with Crippen LogP contribution in [0.5, 0.6) is 0 Å². The van der Waals surface area contributed by atoms with Crippen molar-refractivity contribution in [2.75, 3.05) is 6.54 Å². The molecule has 0 bridgehead atoms. The number of imidazole rings is 1. The summed E-state index contributed by atoms with van der Waals surface area (Å²) in [6, 6.07) is 26.7. The molecule has 0 aliphatic carbocycles. The Morgan fingerprint density at radius 2 is 1.67 bits per heavy atom. The molecule has 5 aromatic rings. The summed E-state index contributed by atoms with van der Waals surface area (Å²) in [5, 5.41) is 1.05. The van der Waals surface area contributed by atoms with Crippen molar-refractivity contribution in [2.45, 2.75) is 31.7 Å². The van der Waals surface area contributed by atoms with Gasteiger partial charge in [-0.05, 0) is 49.2 Å². The number of para-hydroxylation sites is 4. The molecule has 1 unspecified atom stereocenters. The molecule has 0 radical (unpaired) electrons. The van der Waals surface area contributed by atoms with Crippen molar-refractivity contribution in [2.24, 2.45) is 0 Å². The van der Waals surface area contributed by atoms with Crippen LogP contribution in [-0.2, 0) is 11.2 Å². The van der Waals surface area contributed by atoms with Crippen LogP contribution < -0.4 is 0 Å². The molecule has 1 saturated heterocycles. The third-order valence-corrected chi connectivity index (χ3v) is 7.51. The van der Waals surface area contributed by atoms with Gasteiger partial charge in [0.15, 0.2) is 0 Å². The van der Waals surface area contributed by atoms with Crippen LogP contribution in [0.3, 0.4) is 0 Å². The number of benzene rings is 3. The molecule has 5 nitrogen and oxygen atoms in total. The van der Waals surface area contributed by atoms with E-state index in [1.165, 1.54) is 4.70 Å². The third-order valence-electron chi connectivity index (χ3n) is 6.38. The van der Waals surface area contributed by atoms with Crippen molar-refractivity contribution in [3.8, 4) is 5.69 Å². The van der Waals surface area contributed by atoms with Gasteiger partial charge in [0.1, 0.15) is 10.8 Å². The molecule has 0 saturated carbocycles. The molecule has 1 atom stereocenters. The van der Waals surface area contributed by atoms with Gasteiger partial charge in [-0.25, -0.2) is 9.97 Å². The number of carbonyl (C=O) groups excluding carboxylic acids is 1. The molecule has 0 N–H and O–H groups in total. The van der Waals surface area contributed by atoms with E-state index in [2.05, 4.69) is 28.8 Å². The summed E-state index contributed by atoms with van der Waals surface area (Å²) in [5.74, 6) is 1.11. The Morgan fingerprint density at radius 3 is 2.52 bits per heavy atom. The zero-order valence-corrected chi connectivity index (χ0v) is 19.0. The number of likely N-dealkylation sites (tertiary alicyclic amines) is 1. The lowest BCUT2D eigenvalue weighted by molar-refractivity contribution is -0.132. The molecule has 1 fully saturated rings. The number of hydrogen-bond acceptors (Lipinski definition) is 4. The number of aromatic nitrogens is 3. The first-order valence-electron chi connectivity index (χ1n) is 11.4. The van der Waals surface area contributed by atoms with Crippen molar-refractivity contribution >= 4 is 38.5 Å². The Labute approximate surface area is 196 Å². The van der Waals surface area contributed by atoms with E-state index in [0.717, 1.165) is 52.5 Å². The predicted octanol–water partition coefficient (Wildman–Crippen LogP) is 5.93. The number of nitrogens with zero attached hydrogens (tertiary/aromatic N) is 4. The third kappa shape index (κ3) is 3.70. The van der Waals surface area contributed by atoms with Crippen LogP contribution in [-0.4, -0.2) is 31.9 Å². The monoisotopic (exact) mass is 452 g/mol. The van der Waals surface area contributed by atoms with E-state index in [0.29, 0.717) is 12.8 Å². The van der Waals surface area contributed by atoms with Crippen LogP contribution in [0.4, 0.5) is 0 Å². The summed E-state index contributed by atoms with van der Waals surface area (Å²) >= 11 is 1.71. The highest BCUT2D eigenvalue weighted by atomic mass is 32.1. The summed E-state index contributed by atoms with van der Waals surface area (Å²) in [7, 11) is 0. The van der Waals surface area contributed by atoms with Gasteiger partial charge in [-0.15, -0.1) is 11.3 Å². The summed E-state index contributed by atoms with van der Waals surface area (Å²) in [6.45, 7) is 0.800. The summed E-state index contributed by atoms with van der Waals surface area (Å²) in [4.78, 5) is 25.1. The zero-order chi connectivity index (χ0) is 22.2. The second kappa shape index (κ2) is 8.45. The van der Waals surface area contributed by atoms with E-state index in [1.807, 2.05) is 59.5 Å². The van der Waals surface area contributed by atoms with Crippen molar-refractivity contribution < 1.29 is 4.79 Å². The molecule has 6 rings (SSSR count). The minimum absolute atomic E-state index is 0.0860. The van der Waals surface area contributed by atoms with Crippen LogP contribution in [0.25, 0.3) is 26.9 Å². The van der Waals surface area contributed by atoms with E-state index >= 15 is 0 Å². The predicted molar refractivity (Wildman–Crippen MR) is 133 cm³/mol. The van der Waals surface area contributed by atoms with Gasteiger partial charge < -0.3 is 4.90 Å². The van der Waals surface area contributed by atoms with E-state index in [4.69, 9.17) is 9.97 Å². The van der Waals surface area contributed by atoms with Gasteiger partial charge >= 0.3 is 0 Å². The van der Waals surface area contributed by atoms with Gasteiger partial charge in [0.25, 0.3) is 0 Å². The molecule has 3 aromatic carbocycles. The van der Waals surface area contributed by atoms with Crippen LogP contribution >= 0.6 is 11.3 Å². The van der Waals surface area contributed by atoms with E-state index < -0.39 is 0 Å². The Bertz CT molecular complexity index is 1410. The van der Waals surface area contributed by atoms with E-state index in [9.17, 15) is 4.79 Å². The normalized spacial score (nSPS) is 16.1. The first kappa shape index (κ1) is 20.1. The summed E-state index contributed by atoms with van der Waals surface area (Å²) in [5.41, 5.74) is 4.12. The number of carbonyl (C=O) groups is 1. The molecule has 3 heterocycles. The highest BCUT2D eigenvalue weighted by Crippen LogP contribution is 2.37. The van der Waals surface area contributed by atoms with Crippen LogP contribution in [0.1, 0.15) is 36.1 Å². The maximum Gasteiger partial charge on any atom is 0.223 e. The average molecular weight is 453 g/mol. The van der Waals surface area contributed by atoms with Gasteiger partial charge in [-0.2, -0.15) is 0 Å². The number of hydrogen-bond donors (Lipinski definition) is 0. The zero-order valence-electron chi connectivity index (χ0n) is 18.2. The Balaban J connectivity index is 1.26. The van der Waals surface area contributed by atoms with Gasteiger partial charge in [0.05, 0.1) is 27.3 Å². The second-order valence-electron chi connectivity index (χ2n) is 8.45. The smallest absolute Gasteiger partial charge is 0.223 e. The van der Waals surface area contributed by atoms with Crippen molar-refractivity contribution in [3.63, 3.8) is 0 Å². The average Bonchev–Trinajstić information content (AvgIpc) is 3.59. The molecule has 1 aliphatic rings. The fourth-order valence-electron chi connectivity index (χ4n) is 4.83. The van der Waals surface area contributed by atoms with Gasteiger partial charge in [0, 0.05) is 25.1 Å². The Morgan fingerprint density at radius 1 is 0.909 bits per heavy atom. The highest BCUT2D eigenvalue weighted by Gasteiger charge is 2.32. The number of fused-ring (bicyclic) bond motifs is 2. The number of aryl methyl sites for hydroxylation is 1. The quantitative estimate of drug-likeness (QED) is 0.332. The first-order valence-corrected chi connectivity index (χ1v) is 12.3. The summed E-state index contributed by atoms with van der Waals surface area (Å²) in [6.07, 6.45) is 3.05. The fraction of sp³-hybridized carbons (Fsp3) is 0.222. The maximum absolute atomic E-state index is 13.3. The van der Waals surface area contributed by atoms with Crippen molar-refractivity contribution in [1.29, 1.82) is 0 Å². The molecule has 1 aliphatic heterocycles. The van der Waals surface area contributed by atoms with Crippen LogP contribution in [0, 0.1) is 0 Å². The second-order valence-corrected chi connectivity index (χ2v) is 9.51. The molecule has 2 aromatic heterocycles. The Hall–Kier alpha value is -3.51. The summed E-state index contributed by atoms with van der Waals surface area (Å²) < 4.78 is 3.36. The lowest BCUT2D eigenvalue weighted by Crippen LogP contribution is -2.30. The largest absolute Gasteiger partial charge is 0.333 e. The van der Waals surface area contributed by atoms with Gasteiger partial charge in [0.2, 0.25) is 5.91 Å². The lowest BCUT2D eigenvalue weighted by Gasteiger charge is -2.23. The maximum atomic E-state index is 13.3. The number of thiazole rings is 1. The van der Waals surface area contributed by atoms with Crippen LogP contribution in [0.15, 0.2) is 78.9 Å². The Kier molecular flexibility index (Phi) is 5.15.